The molecule has 2 aromatic rings. The van der Waals surface area contributed by atoms with E-state index in [1.54, 1.807) is 12.3 Å². The Morgan fingerprint density at radius 2 is 2.13 bits per heavy atom. The first-order chi connectivity index (χ1) is 14.1. The third kappa shape index (κ3) is 2.91. The molecule has 1 aromatic heterocycles. The summed E-state index contributed by atoms with van der Waals surface area (Å²) < 4.78 is 72.0. The summed E-state index contributed by atoms with van der Waals surface area (Å²) in [4.78, 5) is 6.72. The standard InChI is InChI=1S/C20H21F3N2O4S/c1-2-19-11-25-8-6-12(19)9-17(25)18(28-19)14-5-7-24-16-4-3-13(10-15(14)16)29-30(26,27)20(21,22)23/h3-5,7,10,12,17-18H,2,6,8-9,11H2,1H3/t12?,17?,18-,19?/m0/s1. The summed E-state index contributed by atoms with van der Waals surface area (Å²) in [7, 11) is -5.75. The molecule has 0 amide bonds. The number of aromatic nitrogens is 1. The number of hydrogen-bond donors (Lipinski definition) is 0. The van der Waals surface area contributed by atoms with Crippen LogP contribution in [0.3, 0.4) is 0 Å². The molecule has 10 heteroatoms. The number of morpholine rings is 1. The summed E-state index contributed by atoms with van der Waals surface area (Å²) >= 11 is 0. The lowest BCUT2D eigenvalue weighted by Gasteiger charge is -2.64. The number of halogens is 3. The fraction of sp³-hybridized carbons (Fsp3) is 0.550. The molecule has 5 atom stereocenters. The zero-order valence-corrected chi connectivity index (χ0v) is 17.0. The van der Waals surface area contributed by atoms with E-state index >= 15 is 0 Å². The number of ether oxygens (including phenoxy) is 1. The van der Waals surface area contributed by atoms with Crippen LogP contribution >= 0.6 is 0 Å². The molecule has 0 radical (unpaired) electrons. The SMILES string of the molecule is CCC12CN3CCC1CC3[C@H](c1ccnc3ccc(OS(=O)(=O)C(F)(F)F)cc13)O2. The Bertz CT molecular complexity index is 1110. The Hall–Kier alpha value is -1.91. The minimum Gasteiger partial charge on any atom is -0.376 e. The first kappa shape index (κ1) is 20.0. The molecule has 5 fully saturated rings. The van der Waals surface area contributed by atoms with Gasteiger partial charge in [-0.05, 0) is 61.6 Å². The molecule has 4 bridgehead atoms. The molecule has 0 N–H and O–H groups in total. The van der Waals surface area contributed by atoms with Crippen LogP contribution in [0.25, 0.3) is 10.9 Å². The number of piperidine rings is 3. The van der Waals surface area contributed by atoms with Crippen LogP contribution in [0, 0.1) is 5.92 Å². The van der Waals surface area contributed by atoms with Crippen LogP contribution in [0.5, 0.6) is 5.75 Å². The van der Waals surface area contributed by atoms with Crippen molar-refractivity contribution in [3.8, 4) is 5.75 Å². The van der Waals surface area contributed by atoms with Gasteiger partial charge in [0, 0.05) is 24.2 Å². The van der Waals surface area contributed by atoms with Gasteiger partial charge in [0.25, 0.3) is 0 Å². The van der Waals surface area contributed by atoms with Gasteiger partial charge in [0.2, 0.25) is 0 Å². The molecular formula is C20H21F3N2O4S. The second-order valence-corrected chi connectivity index (χ2v) is 9.82. The summed E-state index contributed by atoms with van der Waals surface area (Å²) in [5.74, 6) is 0.111. The van der Waals surface area contributed by atoms with Gasteiger partial charge in [0.05, 0.1) is 17.2 Å². The van der Waals surface area contributed by atoms with E-state index in [9.17, 15) is 21.6 Å². The number of pyridine rings is 1. The van der Waals surface area contributed by atoms with Crippen LogP contribution in [-0.2, 0) is 14.9 Å². The Morgan fingerprint density at radius 1 is 1.33 bits per heavy atom. The van der Waals surface area contributed by atoms with Gasteiger partial charge in [-0.2, -0.15) is 21.6 Å². The van der Waals surface area contributed by atoms with E-state index in [0.717, 1.165) is 37.9 Å². The minimum absolute atomic E-state index is 0.186. The molecule has 0 aliphatic carbocycles. The fourth-order valence-corrected chi connectivity index (χ4v) is 5.80. The predicted octanol–water partition coefficient (Wildman–Crippen LogP) is 3.78. The third-order valence-electron chi connectivity index (χ3n) is 6.83. The van der Waals surface area contributed by atoms with Crippen molar-refractivity contribution in [3.63, 3.8) is 0 Å². The molecule has 0 saturated carbocycles. The van der Waals surface area contributed by atoms with Gasteiger partial charge in [-0.25, -0.2) is 0 Å². The number of hydrogen-bond acceptors (Lipinski definition) is 6. The van der Waals surface area contributed by atoms with E-state index in [2.05, 4.69) is 21.0 Å². The van der Waals surface area contributed by atoms with Crippen molar-refractivity contribution in [2.24, 2.45) is 5.92 Å². The summed E-state index contributed by atoms with van der Waals surface area (Å²) in [5, 5.41) is 0.535. The zero-order chi connectivity index (χ0) is 21.3. The van der Waals surface area contributed by atoms with Crippen molar-refractivity contribution >= 4 is 21.0 Å². The summed E-state index contributed by atoms with van der Waals surface area (Å²) in [6.45, 7) is 4.03. The monoisotopic (exact) mass is 442 g/mol. The molecule has 6 nitrogen and oxygen atoms in total. The quantitative estimate of drug-likeness (QED) is 0.530. The molecular weight excluding hydrogens is 421 g/mol. The lowest BCUT2D eigenvalue weighted by Crippen LogP contribution is -2.70. The molecule has 162 valence electrons. The Morgan fingerprint density at radius 3 is 2.80 bits per heavy atom. The van der Waals surface area contributed by atoms with Crippen molar-refractivity contribution < 1.29 is 30.5 Å². The Labute approximate surface area is 172 Å². The maximum absolute atomic E-state index is 12.7. The predicted molar refractivity (Wildman–Crippen MR) is 102 cm³/mol. The smallest absolute Gasteiger partial charge is 0.376 e. The van der Waals surface area contributed by atoms with Crippen molar-refractivity contribution in [1.29, 1.82) is 0 Å². The van der Waals surface area contributed by atoms with E-state index in [0.29, 0.717) is 16.8 Å². The number of rotatable bonds is 4. The van der Waals surface area contributed by atoms with Gasteiger partial charge < -0.3 is 8.92 Å². The second kappa shape index (κ2) is 6.54. The number of fused-ring (bicyclic) bond motifs is 3. The maximum atomic E-state index is 12.7. The van der Waals surface area contributed by atoms with E-state index in [1.165, 1.54) is 18.2 Å². The van der Waals surface area contributed by atoms with Gasteiger partial charge in [-0.3, -0.25) is 9.88 Å². The highest BCUT2D eigenvalue weighted by Crippen LogP contribution is 2.54. The fourth-order valence-electron chi connectivity index (χ4n) is 5.35. The van der Waals surface area contributed by atoms with Crippen molar-refractivity contribution in [3.05, 3.63) is 36.0 Å². The number of nitrogens with zero attached hydrogens (tertiary/aromatic N) is 2. The molecule has 30 heavy (non-hydrogen) atoms. The van der Waals surface area contributed by atoms with Gasteiger partial charge in [0.15, 0.2) is 0 Å². The molecule has 6 heterocycles. The van der Waals surface area contributed by atoms with E-state index in [4.69, 9.17) is 4.74 Å². The molecule has 0 spiro atoms. The lowest BCUT2D eigenvalue weighted by atomic mass is 9.66. The van der Waals surface area contributed by atoms with E-state index in [1.807, 2.05) is 0 Å². The van der Waals surface area contributed by atoms with Gasteiger partial charge >= 0.3 is 15.6 Å². The average molecular weight is 442 g/mol. The molecule has 1 aromatic carbocycles. The Balaban J connectivity index is 1.56. The first-order valence-electron chi connectivity index (χ1n) is 9.95. The van der Waals surface area contributed by atoms with Crippen LogP contribution in [0.4, 0.5) is 13.2 Å². The second-order valence-electron chi connectivity index (χ2n) is 8.28. The first-order valence-corrected chi connectivity index (χ1v) is 11.4. The van der Waals surface area contributed by atoms with Gasteiger partial charge in [-0.15, -0.1) is 0 Å². The highest BCUT2D eigenvalue weighted by Gasteiger charge is 2.58. The van der Waals surface area contributed by atoms with E-state index < -0.39 is 21.4 Å². The average Bonchev–Trinajstić information content (AvgIpc) is 2.72. The molecule has 5 saturated heterocycles. The Kier molecular flexibility index (Phi) is 4.37. The normalized spacial score (nSPS) is 33.2. The van der Waals surface area contributed by atoms with Crippen LogP contribution in [0.1, 0.15) is 37.9 Å². The molecule has 5 aliphatic rings. The summed E-state index contributed by atoms with van der Waals surface area (Å²) in [6.07, 6.45) is 4.40. The summed E-state index contributed by atoms with van der Waals surface area (Å²) in [5.41, 5.74) is -4.38. The maximum Gasteiger partial charge on any atom is 0.534 e. The highest BCUT2D eigenvalue weighted by atomic mass is 32.2. The van der Waals surface area contributed by atoms with Crippen molar-refractivity contribution in [1.82, 2.24) is 9.88 Å². The topological polar surface area (TPSA) is 68.7 Å². The third-order valence-corrected chi connectivity index (χ3v) is 7.81. The van der Waals surface area contributed by atoms with Gasteiger partial charge in [0.1, 0.15) is 5.75 Å². The van der Waals surface area contributed by atoms with Crippen LogP contribution in [-0.4, -0.2) is 48.5 Å². The molecule has 7 rings (SSSR count). The molecule has 4 unspecified atom stereocenters. The molecule has 5 aliphatic heterocycles. The number of benzene rings is 1. The van der Waals surface area contributed by atoms with E-state index in [-0.39, 0.29) is 17.7 Å². The van der Waals surface area contributed by atoms with Crippen LogP contribution in [0.2, 0.25) is 0 Å². The highest BCUT2D eigenvalue weighted by molar-refractivity contribution is 7.88. The van der Waals surface area contributed by atoms with Crippen molar-refractivity contribution in [2.75, 3.05) is 13.1 Å². The minimum atomic E-state index is -5.75. The number of alkyl halides is 3. The largest absolute Gasteiger partial charge is 0.534 e. The van der Waals surface area contributed by atoms with Crippen molar-refractivity contribution in [2.45, 2.75) is 49.4 Å². The van der Waals surface area contributed by atoms with Crippen LogP contribution < -0.4 is 4.18 Å². The van der Waals surface area contributed by atoms with Gasteiger partial charge in [-0.1, -0.05) is 6.92 Å². The van der Waals surface area contributed by atoms with Crippen LogP contribution in [0.15, 0.2) is 30.5 Å². The summed E-state index contributed by atoms with van der Waals surface area (Å²) in [6, 6.07) is 5.93. The zero-order valence-electron chi connectivity index (χ0n) is 16.2. The lowest BCUT2D eigenvalue weighted by molar-refractivity contribution is -0.274.